The fourth-order valence-electron chi connectivity index (χ4n) is 8.11. The van der Waals surface area contributed by atoms with E-state index in [0.29, 0.717) is 0 Å². The molecule has 0 saturated carbocycles. The van der Waals surface area contributed by atoms with E-state index in [4.69, 9.17) is 0 Å². The summed E-state index contributed by atoms with van der Waals surface area (Å²) in [6, 6.07) is 79.0. The van der Waals surface area contributed by atoms with E-state index >= 15 is 0 Å². The zero-order valence-corrected chi connectivity index (χ0v) is 29.7. The van der Waals surface area contributed by atoms with Crippen LogP contribution < -0.4 is 4.90 Å². The Labute approximate surface area is 315 Å². The van der Waals surface area contributed by atoms with Crippen molar-refractivity contribution < 1.29 is 0 Å². The lowest BCUT2D eigenvalue weighted by molar-refractivity contribution is 1.17. The Bertz CT molecular complexity index is 2860. The predicted molar refractivity (Wildman–Crippen MR) is 229 cm³/mol. The van der Waals surface area contributed by atoms with Crippen LogP contribution in [0.4, 0.5) is 17.1 Å². The number of hydrogen-bond acceptors (Lipinski definition) is 1. The van der Waals surface area contributed by atoms with E-state index in [9.17, 15) is 0 Å². The summed E-state index contributed by atoms with van der Waals surface area (Å²) >= 11 is 0. The summed E-state index contributed by atoms with van der Waals surface area (Å²) in [7, 11) is 0. The zero-order chi connectivity index (χ0) is 35.8. The SMILES string of the molecule is c1ccc(-c2ccccc2N(c2ccc(-n3c4ccccc4c4ccccc43)cc2)c2cc(-c3cccc4ccccc34)ccc2-c2ccccc2)cc1. The molecule has 1 heterocycles. The smallest absolute Gasteiger partial charge is 0.0546 e. The number of para-hydroxylation sites is 3. The fourth-order valence-corrected chi connectivity index (χ4v) is 8.11. The van der Waals surface area contributed by atoms with Crippen LogP contribution in [0.1, 0.15) is 0 Å². The van der Waals surface area contributed by atoms with E-state index in [-0.39, 0.29) is 0 Å². The Morgan fingerprint density at radius 1 is 0.315 bits per heavy atom. The van der Waals surface area contributed by atoms with Crippen LogP contribution in [0.2, 0.25) is 0 Å². The van der Waals surface area contributed by atoms with Crippen LogP contribution in [-0.4, -0.2) is 4.57 Å². The Morgan fingerprint density at radius 2 is 0.833 bits per heavy atom. The highest BCUT2D eigenvalue weighted by molar-refractivity contribution is 6.09. The van der Waals surface area contributed by atoms with Gasteiger partial charge < -0.3 is 9.47 Å². The second-order valence-electron chi connectivity index (χ2n) is 13.7. The van der Waals surface area contributed by atoms with E-state index in [2.05, 4.69) is 228 Å². The van der Waals surface area contributed by atoms with E-state index in [1.54, 1.807) is 0 Å². The highest BCUT2D eigenvalue weighted by atomic mass is 15.1. The number of hydrogen-bond donors (Lipinski definition) is 0. The van der Waals surface area contributed by atoms with Gasteiger partial charge in [0.25, 0.3) is 0 Å². The van der Waals surface area contributed by atoms with Crippen molar-refractivity contribution in [2.24, 2.45) is 0 Å². The standard InChI is InChI=1S/C52H36N2/c1-3-16-38(17-4-1)45-23-9-12-27-49(45)54(42-33-31-41(32-34-42)53-50-28-13-10-24-47(50)48-25-11-14-29-51(48)53)52-36-40(30-35-46(52)39-18-5-2-6-19-39)44-26-15-21-37-20-7-8-22-43(37)44/h1-36H. The van der Waals surface area contributed by atoms with Gasteiger partial charge in [-0.3, -0.25) is 0 Å². The molecule has 254 valence electrons. The minimum Gasteiger partial charge on any atom is -0.309 e. The lowest BCUT2D eigenvalue weighted by atomic mass is 9.93. The van der Waals surface area contributed by atoms with Crippen LogP contribution in [0.5, 0.6) is 0 Å². The number of aromatic nitrogens is 1. The highest BCUT2D eigenvalue weighted by Crippen LogP contribution is 2.47. The first-order valence-electron chi connectivity index (χ1n) is 18.5. The minimum atomic E-state index is 1.08. The molecule has 0 aliphatic heterocycles. The molecule has 0 amide bonds. The maximum atomic E-state index is 2.45. The Hall–Kier alpha value is -7.16. The third-order valence-corrected chi connectivity index (χ3v) is 10.6. The van der Waals surface area contributed by atoms with E-state index in [1.165, 1.54) is 60.4 Å². The van der Waals surface area contributed by atoms with Crippen molar-refractivity contribution in [2.45, 2.75) is 0 Å². The first-order chi connectivity index (χ1) is 26.8. The zero-order valence-electron chi connectivity index (χ0n) is 29.7. The lowest BCUT2D eigenvalue weighted by Crippen LogP contribution is -2.13. The number of benzene rings is 9. The first-order valence-corrected chi connectivity index (χ1v) is 18.5. The summed E-state index contributed by atoms with van der Waals surface area (Å²) in [5, 5.41) is 4.99. The molecule has 0 spiro atoms. The molecule has 2 nitrogen and oxygen atoms in total. The second kappa shape index (κ2) is 13.4. The molecule has 54 heavy (non-hydrogen) atoms. The third kappa shape index (κ3) is 5.44. The van der Waals surface area contributed by atoms with Crippen molar-refractivity contribution in [1.82, 2.24) is 4.57 Å². The van der Waals surface area contributed by atoms with Gasteiger partial charge in [-0.2, -0.15) is 0 Å². The normalized spacial score (nSPS) is 11.3. The highest BCUT2D eigenvalue weighted by Gasteiger charge is 2.22. The summed E-state index contributed by atoms with van der Waals surface area (Å²) in [6.45, 7) is 0. The van der Waals surface area contributed by atoms with E-state index in [0.717, 1.165) is 28.3 Å². The van der Waals surface area contributed by atoms with Crippen molar-refractivity contribution in [3.63, 3.8) is 0 Å². The van der Waals surface area contributed by atoms with Crippen LogP contribution in [-0.2, 0) is 0 Å². The maximum Gasteiger partial charge on any atom is 0.0546 e. The third-order valence-electron chi connectivity index (χ3n) is 10.6. The molecule has 0 aliphatic rings. The maximum absolute atomic E-state index is 2.45. The van der Waals surface area contributed by atoms with Crippen molar-refractivity contribution in [3.8, 4) is 39.1 Å². The van der Waals surface area contributed by atoms with Crippen molar-refractivity contribution in [2.75, 3.05) is 4.90 Å². The number of anilines is 3. The van der Waals surface area contributed by atoms with Crippen LogP contribution in [0.25, 0.3) is 71.6 Å². The van der Waals surface area contributed by atoms with Gasteiger partial charge in [0, 0.05) is 33.3 Å². The van der Waals surface area contributed by atoms with Gasteiger partial charge in [0.2, 0.25) is 0 Å². The molecule has 2 heteroatoms. The number of rotatable bonds is 7. The number of nitrogens with zero attached hydrogens (tertiary/aromatic N) is 2. The van der Waals surface area contributed by atoms with Crippen molar-refractivity contribution >= 4 is 49.6 Å². The molecule has 0 bridgehead atoms. The molecular formula is C52H36N2. The van der Waals surface area contributed by atoms with Gasteiger partial charge in [0.15, 0.2) is 0 Å². The van der Waals surface area contributed by atoms with E-state index < -0.39 is 0 Å². The van der Waals surface area contributed by atoms with Crippen molar-refractivity contribution in [3.05, 3.63) is 218 Å². The van der Waals surface area contributed by atoms with Gasteiger partial charge in [-0.1, -0.05) is 170 Å². The predicted octanol–water partition coefficient (Wildman–Crippen LogP) is 14.4. The molecule has 0 radical (unpaired) electrons. The second-order valence-corrected chi connectivity index (χ2v) is 13.7. The number of fused-ring (bicyclic) bond motifs is 4. The van der Waals surface area contributed by atoms with Crippen LogP contribution in [0.15, 0.2) is 218 Å². The summed E-state index contributed by atoms with van der Waals surface area (Å²) in [5.41, 5.74) is 13.9. The van der Waals surface area contributed by atoms with Crippen LogP contribution in [0.3, 0.4) is 0 Å². The minimum absolute atomic E-state index is 1.08. The molecule has 9 aromatic carbocycles. The molecule has 0 saturated heterocycles. The average Bonchev–Trinajstić information content (AvgIpc) is 3.59. The molecular weight excluding hydrogens is 653 g/mol. The topological polar surface area (TPSA) is 8.17 Å². The van der Waals surface area contributed by atoms with E-state index in [1.807, 2.05) is 0 Å². The van der Waals surface area contributed by atoms with Crippen LogP contribution in [0, 0.1) is 0 Å². The largest absolute Gasteiger partial charge is 0.309 e. The molecule has 0 aliphatic carbocycles. The van der Waals surface area contributed by atoms with Gasteiger partial charge in [0.1, 0.15) is 0 Å². The Kier molecular flexibility index (Phi) is 7.85. The van der Waals surface area contributed by atoms with Gasteiger partial charge in [-0.15, -0.1) is 0 Å². The average molecular weight is 689 g/mol. The molecule has 0 N–H and O–H groups in total. The quantitative estimate of drug-likeness (QED) is 0.162. The summed E-state index contributed by atoms with van der Waals surface area (Å²) in [6.07, 6.45) is 0. The lowest BCUT2D eigenvalue weighted by Gasteiger charge is -2.30. The van der Waals surface area contributed by atoms with Gasteiger partial charge in [0.05, 0.1) is 22.4 Å². The van der Waals surface area contributed by atoms with Crippen molar-refractivity contribution in [1.29, 1.82) is 0 Å². The monoisotopic (exact) mass is 688 g/mol. The summed E-state index contributed by atoms with van der Waals surface area (Å²) in [4.78, 5) is 2.45. The van der Waals surface area contributed by atoms with Gasteiger partial charge >= 0.3 is 0 Å². The summed E-state index contributed by atoms with van der Waals surface area (Å²) in [5.74, 6) is 0. The van der Waals surface area contributed by atoms with Crippen LogP contribution >= 0.6 is 0 Å². The molecule has 0 fully saturated rings. The van der Waals surface area contributed by atoms with Gasteiger partial charge in [-0.05, 0) is 81.6 Å². The molecule has 1 aromatic heterocycles. The molecule has 0 unspecified atom stereocenters. The fraction of sp³-hybridized carbons (Fsp3) is 0. The van der Waals surface area contributed by atoms with Gasteiger partial charge in [-0.25, -0.2) is 0 Å². The Morgan fingerprint density at radius 3 is 1.52 bits per heavy atom. The summed E-state index contributed by atoms with van der Waals surface area (Å²) < 4.78 is 2.38. The molecule has 10 aromatic rings. The first kappa shape index (κ1) is 31.6. The molecule has 0 atom stereocenters. The molecule has 10 rings (SSSR count). The Balaban J connectivity index is 1.23.